The summed E-state index contributed by atoms with van der Waals surface area (Å²) in [6, 6.07) is 26.5. The molecule has 0 saturated heterocycles. The van der Waals surface area contributed by atoms with E-state index in [1.807, 2.05) is 54.6 Å². The maximum absolute atomic E-state index is 6.01. The Morgan fingerprint density at radius 3 is 2.14 bits per heavy atom. The Labute approximate surface area is 168 Å². The van der Waals surface area contributed by atoms with Gasteiger partial charge in [-0.05, 0) is 46.9 Å². The van der Waals surface area contributed by atoms with Gasteiger partial charge in [0.15, 0.2) is 0 Å². The quantitative estimate of drug-likeness (QED) is 0.486. The van der Waals surface area contributed by atoms with Crippen LogP contribution in [0.2, 0.25) is 0 Å². The van der Waals surface area contributed by atoms with Crippen LogP contribution in [0.3, 0.4) is 0 Å². The van der Waals surface area contributed by atoms with E-state index in [-0.39, 0.29) is 5.41 Å². The molecule has 3 heteroatoms. The van der Waals surface area contributed by atoms with Gasteiger partial charge in [-0.2, -0.15) is 0 Å². The standard InChI is InChI=1S/C25H29NO2/c1-25(2,3)23-11-7-8-12-24(23)27-18-17-26-21-13-15-22(16-14-21)28-19-20-9-5-4-6-10-20/h4-16,26H,17-19H2,1-3H3. The third kappa shape index (κ3) is 5.78. The van der Waals surface area contributed by atoms with E-state index < -0.39 is 0 Å². The van der Waals surface area contributed by atoms with Crippen molar-refractivity contribution in [2.24, 2.45) is 0 Å². The van der Waals surface area contributed by atoms with Crippen LogP contribution in [-0.4, -0.2) is 13.2 Å². The number of rotatable bonds is 8. The molecule has 0 atom stereocenters. The Morgan fingerprint density at radius 1 is 0.750 bits per heavy atom. The van der Waals surface area contributed by atoms with Crippen LogP contribution in [-0.2, 0) is 12.0 Å². The number of para-hydroxylation sites is 1. The highest BCUT2D eigenvalue weighted by Crippen LogP contribution is 2.30. The smallest absolute Gasteiger partial charge is 0.123 e. The predicted molar refractivity (Wildman–Crippen MR) is 116 cm³/mol. The van der Waals surface area contributed by atoms with Gasteiger partial charge >= 0.3 is 0 Å². The van der Waals surface area contributed by atoms with E-state index in [2.05, 4.69) is 50.4 Å². The van der Waals surface area contributed by atoms with E-state index >= 15 is 0 Å². The highest BCUT2D eigenvalue weighted by molar-refractivity contribution is 5.46. The molecule has 0 saturated carbocycles. The normalized spacial score (nSPS) is 11.1. The minimum absolute atomic E-state index is 0.0691. The summed E-state index contributed by atoms with van der Waals surface area (Å²) in [7, 11) is 0. The molecule has 0 bridgehead atoms. The minimum atomic E-state index is 0.0691. The van der Waals surface area contributed by atoms with Gasteiger partial charge in [0.25, 0.3) is 0 Å². The second-order valence-electron chi connectivity index (χ2n) is 7.82. The lowest BCUT2D eigenvalue weighted by atomic mass is 9.86. The Morgan fingerprint density at radius 2 is 1.43 bits per heavy atom. The van der Waals surface area contributed by atoms with E-state index in [1.54, 1.807) is 0 Å². The fraction of sp³-hybridized carbons (Fsp3) is 0.280. The summed E-state index contributed by atoms with van der Waals surface area (Å²) >= 11 is 0. The SMILES string of the molecule is CC(C)(C)c1ccccc1OCCNc1ccc(OCc2ccccc2)cc1. The van der Waals surface area contributed by atoms with Crippen molar-refractivity contribution in [3.8, 4) is 11.5 Å². The molecule has 0 unspecified atom stereocenters. The maximum Gasteiger partial charge on any atom is 0.123 e. The van der Waals surface area contributed by atoms with Crippen LogP contribution >= 0.6 is 0 Å². The van der Waals surface area contributed by atoms with Crippen LogP contribution in [0.4, 0.5) is 5.69 Å². The third-order valence-electron chi connectivity index (χ3n) is 4.49. The van der Waals surface area contributed by atoms with Crippen molar-refractivity contribution in [3.05, 3.63) is 90.0 Å². The van der Waals surface area contributed by atoms with Gasteiger partial charge < -0.3 is 14.8 Å². The topological polar surface area (TPSA) is 30.5 Å². The fourth-order valence-corrected chi connectivity index (χ4v) is 2.98. The number of benzene rings is 3. The largest absolute Gasteiger partial charge is 0.491 e. The van der Waals surface area contributed by atoms with Gasteiger partial charge in [0, 0.05) is 12.2 Å². The molecule has 0 aliphatic heterocycles. The van der Waals surface area contributed by atoms with Gasteiger partial charge in [-0.3, -0.25) is 0 Å². The average Bonchev–Trinajstić information content (AvgIpc) is 2.71. The van der Waals surface area contributed by atoms with Crippen molar-refractivity contribution in [2.75, 3.05) is 18.5 Å². The zero-order chi connectivity index (χ0) is 19.8. The summed E-state index contributed by atoms with van der Waals surface area (Å²) in [5.41, 5.74) is 3.52. The zero-order valence-electron chi connectivity index (χ0n) is 16.9. The van der Waals surface area contributed by atoms with E-state index in [9.17, 15) is 0 Å². The van der Waals surface area contributed by atoms with Gasteiger partial charge in [-0.25, -0.2) is 0 Å². The van der Waals surface area contributed by atoms with Crippen molar-refractivity contribution in [1.82, 2.24) is 0 Å². The fourth-order valence-electron chi connectivity index (χ4n) is 2.98. The first kappa shape index (κ1) is 19.8. The van der Waals surface area contributed by atoms with E-state index in [4.69, 9.17) is 9.47 Å². The first-order valence-corrected chi connectivity index (χ1v) is 9.75. The number of hydrogen-bond acceptors (Lipinski definition) is 3. The molecule has 0 fully saturated rings. The van der Waals surface area contributed by atoms with Gasteiger partial charge in [0.05, 0.1) is 0 Å². The molecule has 0 amide bonds. The summed E-state index contributed by atoms with van der Waals surface area (Å²) in [6.45, 7) is 8.54. The third-order valence-corrected chi connectivity index (χ3v) is 4.49. The molecule has 1 N–H and O–H groups in total. The number of nitrogens with one attached hydrogen (secondary N) is 1. The van der Waals surface area contributed by atoms with Crippen LogP contribution in [0.1, 0.15) is 31.9 Å². The summed E-state index contributed by atoms with van der Waals surface area (Å²) in [5, 5.41) is 3.39. The molecule has 3 aromatic carbocycles. The van der Waals surface area contributed by atoms with Crippen LogP contribution in [0.25, 0.3) is 0 Å². The maximum atomic E-state index is 6.01. The first-order valence-electron chi connectivity index (χ1n) is 9.75. The van der Waals surface area contributed by atoms with E-state index in [0.29, 0.717) is 13.2 Å². The molecule has 146 valence electrons. The summed E-state index contributed by atoms with van der Waals surface area (Å²) in [6.07, 6.45) is 0. The number of hydrogen-bond donors (Lipinski definition) is 1. The Hall–Kier alpha value is -2.94. The van der Waals surface area contributed by atoms with Gasteiger partial charge in [-0.15, -0.1) is 0 Å². The van der Waals surface area contributed by atoms with Crippen molar-refractivity contribution < 1.29 is 9.47 Å². The van der Waals surface area contributed by atoms with Gasteiger partial charge in [-0.1, -0.05) is 69.3 Å². The molecule has 0 radical (unpaired) electrons. The molecule has 3 rings (SSSR count). The zero-order valence-corrected chi connectivity index (χ0v) is 16.9. The van der Waals surface area contributed by atoms with Crippen molar-refractivity contribution in [1.29, 1.82) is 0 Å². The van der Waals surface area contributed by atoms with E-state index in [1.165, 1.54) is 5.56 Å². The minimum Gasteiger partial charge on any atom is -0.491 e. The van der Waals surface area contributed by atoms with Crippen LogP contribution in [0.15, 0.2) is 78.9 Å². The molecule has 0 aliphatic carbocycles. The van der Waals surface area contributed by atoms with Crippen LogP contribution in [0, 0.1) is 0 Å². The Bertz CT molecular complexity index is 852. The summed E-state index contributed by atoms with van der Waals surface area (Å²) < 4.78 is 11.8. The van der Waals surface area contributed by atoms with Crippen molar-refractivity contribution in [2.45, 2.75) is 32.8 Å². The molecule has 0 spiro atoms. The lowest BCUT2D eigenvalue weighted by Gasteiger charge is -2.22. The number of anilines is 1. The Balaban J connectivity index is 1.44. The lowest BCUT2D eigenvalue weighted by Crippen LogP contribution is -2.16. The van der Waals surface area contributed by atoms with Crippen molar-refractivity contribution >= 4 is 5.69 Å². The average molecular weight is 376 g/mol. The first-order chi connectivity index (χ1) is 13.5. The second kappa shape index (κ2) is 9.32. The molecule has 3 aromatic rings. The van der Waals surface area contributed by atoms with E-state index in [0.717, 1.165) is 29.3 Å². The van der Waals surface area contributed by atoms with Crippen molar-refractivity contribution in [3.63, 3.8) is 0 Å². The highest BCUT2D eigenvalue weighted by Gasteiger charge is 2.18. The molecule has 3 nitrogen and oxygen atoms in total. The van der Waals surface area contributed by atoms with Gasteiger partial charge in [0.1, 0.15) is 24.7 Å². The van der Waals surface area contributed by atoms with Crippen LogP contribution in [0.5, 0.6) is 11.5 Å². The summed E-state index contributed by atoms with van der Waals surface area (Å²) in [5.74, 6) is 1.83. The lowest BCUT2D eigenvalue weighted by molar-refractivity contribution is 0.306. The monoisotopic (exact) mass is 375 g/mol. The Kier molecular flexibility index (Phi) is 6.59. The molecular formula is C25H29NO2. The molecule has 0 aliphatic rings. The molecule has 0 aromatic heterocycles. The van der Waals surface area contributed by atoms with Crippen LogP contribution < -0.4 is 14.8 Å². The predicted octanol–water partition coefficient (Wildman–Crippen LogP) is 6.05. The second-order valence-corrected chi connectivity index (χ2v) is 7.82. The highest BCUT2D eigenvalue weighted by atomic mass is 16.5. The number of ether oxygens (including phenoxy) is 2. The molecule has 0 heterocycles. The molecule has 28 heavy (non-hydrogen) atoms. The molecular weight excluding hydrogens is 346 g/mol. The summed E-state index contributed by atoms with van der Waals surface area (Å²) in [4.78, 5) is 0. The van der Waals surface area contributed by atoms with Gasteiger partial charge in [0.2, 0.25) is 0 Å².